The molecule has 1 aliphatic rings. The zero-order valence-corrected chi connectivity index (χ0v) is 16.5. The van der Waals surface area contributed by atoms with E-state index in [0.717, 1.165) is 35.6 Å². The van der Waals surface area contributed by atoms with Crippen LogP contribution in [0.4, 0.5) is 11.6 Å². The van der Waals surface area contributed by atoms with E-state index in [4.69, 9.17) is 0 Å². The lowest BCUT2D eigenvalue weighted by molar-refractivity contribution is -0.126. The molecule has 8 heteroatoms. The van der Waals surface area contributed by atoms with E-state index in [0.29, 0.717) is 12.4 Å². The standard InChI is InChI=1S/C21H23N7O/c1-15-5-3-10-23-20(15)26-21-19(22-12-13-24-21)17-6-4-14-28(17)18(29)8-7-16-9-11-25-27(16)2/h3,5,7-13,17H,4,6,14H2,1-2H3,(H,23,24,26)/b8-7+/t17-/m1/s1. The Kier molecular flexibility index (Phi) is 5.33. The number of hydrogen-bond acceptors (Lipinski definition) is 6. The van der Waals surface area contributed by atoms with Crippen molar-refractivity contribution in [2.75, 3.05) is 11.9 Å². The fraction of sp³-hybridized carbons (Fsp3) is 0.286. The number of carbonyl (C=O) groups is 1. The van der Waals surface area contributed by atoms with Crippen LogP contribution in [0.3, 0.4) is 0 Å². The van der Waals surface area contributed by atoms with E-state index in [2.05, 4.69) is 25.4 Å². The zero-order valence-electron chi connectivity index (χ0n) is 16.5. The van der Waals surface area contributed by atoms with Gasteiger partial charge < -0.3 is 10.2 Å². The second-order valence-electron chi connectivity index (χ2n) is 6.99. The van der Waals surface area contributed by atoms with Crippen LogP contribution in [-0.2, 0) is 11.8 Å². The van der Waals surface area contributed by atoms with Crippen molar-refractivity contribution in [2.45, 2.75) is 25.8 Å². The summed E-state index contributed by atoms with van der Waals surface area (Å²) < 4.78 is 1.73. The summed E-state index contributed by atoms with van der Waals surface area (Å²) in [5, 5.41) is 7.41. The molecule has 4 rings (SSSR count). The molecule has 0 aromatic carbocycles. The summed E-state index contributed by atoms with van der Waals surface area (Å²) >= 11 is 0. The minimum Gasteiger partial charge on any atom is -0.330 e. The first kappa shape index (κ1) is 18.8. The summed E-state index contributed by atoms with van der Waals surface area (Å²) in [4.78, 5) is 28.2. The van der Waals surface area contributed by atoms with E-state index in [-0.39, 0.29) is 11.9 Å². The lowest BCUT2D eigenvalue weighted by atomic mass is 10.1. The van der Waals surface area contributed by atoms with Crippen LogP contribution in [0, 0.1) is 6.92 Å². The van der Waals surface area contributed by atoms with Crippen molar-refractivity contribution in [1.82, 2.24) is 29.6 Å². The Hall–Kier alpha value is -3.55. The smallest absolute Gasteiger partial charge is 0.247 e. The molecule has 1 amide bonds. The van der Waals surface area contributed by atoms with E-state index < -0.39 is 0 Å². The van der Waals surface area contributed by atoms with Gasteiger partial charge in [0, 0.05) is 44.5 Å². The number of likely N-dealkylation sites (tertiary alicyclic amines) is 1. The lowest BCUT2D eigenvalue weighted by Crippen LogP contribution is -2.30. The molecule has 4 heterocycles. The maximum atomic E-state index is 12.9. The fourth-order valence-corrected chi connectivity index (χ4v) is 3.53. The van der Waals surface area contributed by atoms with Gasteiger partial charge in [-0.3, -0.25) is 14.5 Å². The van der Waals surface area contributed by atoms with Crippen molar-refractivity contribution < 1.29 is 4.79 Å². The predicted octanol–water partition coefficient (Wildman–Crippen LogP) is 3.03. The van der Waals surface area contributed by atoms with Gasteiger partial charge in [0.25, 0.3) is 0 Å². The van der Waals surface area contributed by atoms with Crippen molar-refractivity contribution in [3.63, 3.8) is 0 Å². The summed E-state index contributed by atoms with van der Waals surface area (Å²) in [6, 6.07) is 5.62. The monoisotopic (exact) mass is 389 g/mol. The van der Waals surface area contributed by atoms with Gasteiger partial charge in [0.1, 0.15) is 11.5 Å². The number of aromatic nitrogens is 5. The van der Waals surface area contributed by atoms with Crippen molar-refractivity contribution in [3.8, 4) is 0 Å². The summed E-state index contributed by atoms with van der Waals surface area (Å²) in [5.41, 5.74) is 2.65. The van der Waals surface area contributed by atoms with Crippen LogP contribution < -0.4 is 5.32 Å². The molecule has 3 aromatic rings. The van der Waals surface area contributed by atoms with Crippen molar-refractivity contribution in [3.05, 3.63) is 66.0 Å². The normalized spacial score (nSPS) is 16.5. The van der Waals surface area contributed by atoms with E-state index in [1.54, 1.807) is 41.6 Å². The average Bonchev–Trinajstić information content (AvgIpc) is 3.37. The number of carbonyl (C=O) groups excluding carboxylic acids is 1. The van der Waals surface area contributed by atoms with Crippen molar-refractivity contribution in [1.29, 1.82) is 0 Å². The number of rotatable bonds is 5. The summed E-state index contributed by atoms with van der Waals surface area (Å²) in [5.74, 6) is 1.33. The second kappa shape index (κ2) is 8.22. The first-order valence-corrected chi connectivity index (χ1v) is 9.59. The molecule has 8 nitrogen and oxygen atoms in total. The Bertz CT molecular complexity index is 1040. The van der Waals surface area contributed by atoms with Gasteiger partial charge in [0.05, 0.1) is 11.7 Å². The van der Waals surface area contributed by atoms with Gasteiger partial charge in [-0.05, 0) is 43.5 Å². The molecule has 0 radical (unpaired) electrons. The molecule has 1 saturated heterocycles. The second-order valence-corrected chi connectivity index (χ2v) is 6.99. The maximum absolute atomic E-state index is 12.9. The van der Waals surface area contributed by atoms with Crippen molar-refractivity contribution in [2.24, 2.45) is 7.05 Å². The van der Waals surface area contributed by atoms with Crippen LogP contribution in [0.25, 0.3) is 6.08 Å². The third-order valence-corrected chi connectivity index (χ3v) is 5.08. The molecule has 0 unspecified atom stereocenters. The van der Waals surface area contributed by atoms with E-state index in [9.17, 15) is 4.79 Å². The molecule has 1 aliphatic heterocycles. The van der Waals surface area contributed by atoms with Crippen LogP contribution in [0.1, 0.15) is 35.8 Å². The topological polar surface area (TPSA) is 88.8 Å². The number of hydrogen-bond donors (Lipinski definition) is 1. The summed E-state index contributed by atoms with van der Waals surface area (Å²) in [6.07, 6.45) is 11.9. The highest BCUT2D eigenvalue weighted by molar-refractivity contribution is 5.92. The van der Waals surface area contributed by atoms with Gasteiger partial charge in [0.2, 0.25) is 5.91 Å². The molecule has 0 saturated carbocycles. The van der Waals surface area contributed by atoms with E-state index in [1.165, 1.54) is 0 Å². The number of amides is 1. The Morgan fingerprint density at radius 1 is 1.14 bits per heavy atom. The molecule has 0 bridgehead atoms. The zero-order chi connectivity index (χ0) is 20.2. The highest BCUT2D eigenvalue weighted by Gasteiger charge is 2.32. The van der Waals surface area contributed by atoms with E-state index in [1.807, 2.05) is 37.1 Å². The highest BCUT2D eigenvalue weighted by Crippen LogP contribution is 2.35. The third-order valence-electron chi connectivity index (χ3n) is 5.08. The SMILES string of the molecule is Cc1cccnc1Nc1nccnc1[C@H]1CCCN1C(=O)/C=C/c1ccnn1C. The molecule has 3 aromatic heterocycles. The number of nitrogens with one attached hydrogen (secondary N) is 1. The third kappa shape index (κ3) is 4.01. The van der Waals surface area contributed by atoms with Gasteiger partial charge in [-0.25, -0.2) is 9.97 Å². The van der Waals surface area contributed by atoms with E-state index >= 15 is 0 Å². The first-order valence-electron chi connectivity index (χ1n) is 9.59. The molecular weight excluding hydrogens is 366 g/mol. The first-order chi connectivity index (χ1) is 14.1. The maximum Gasteiger partial charge on any atom is 0.247 e. The molecule has 0 aliphatic carbocycles. The van der Waals surface area contributed by atoms with Gasteiger partial charge in [-0.15, -0.1) is 0 Å². The van der Waals surface area contributed by atoms with Crippen LogP contribution in [-0.4, -0.2) is 42.1 Å². The lowest BCUT2D eigenvalue weighted by Gasteiger charge is -2.24. The van der Waals surface area contributed by atoms with Gasteiger partial charge in [-0.1, -0.05) is 6.07 Å². The molecule has 148 valence electrons. The average molecular weight is 389 g/mol. The van der Waals surface area contributed by atoms with Crippen LogP contribution in [0.2, 0.25) is 0 Å². The minimum atomic E-state index is -0.126. The largest absolute Gasteiger partial charge is 0.330 e. The highest BCUT2D eigenvalue weighted by atomic mass is 16.2. The Balaban J connectivity index is 1.57. The van der Waals surface area contributed by atoms with Crippen LogP contribution >= 0.6 is 0 Å². The molecule has 1 N–H and O–H groups in total. The Morgan fingerprint density at radius 3 is 2.76 bits per heavy atom. The van der Waals surface area contributed by atoms with Gasteiger partial charge >= 0.3 is 0 Å². The molecular formula is C21H23N7O. The number of aryl methyl sites for hydroxylation is 2. The number of pyridine rings is 1. The quantitative estimate of drug-likeness (QED) is 0.675. The van der Waals surface area contributed by atoms with Crippen LogP contribution in [0.15, 0.2) is 49.1 Å². The molecule has 1 fully saturated rings. The molecule has 29 heavy (non-hydrogen) atoms. The predicted molar refractivity (Wildman–Crippen MR) is 110 cm³/mol. The Labute approximate surface area is 169 Å². The molecule has 1 atom stereocenters. The summed E-state index contributed by atoms with van der Waals surface area (Å²) in [7, 11) is 1.85. The minimum absolute atomic E-state index is 0.0423. The van der Waals surface area contributed by atoms with Crippen LogP contribution in [0.5, 0.6) is 0 Å². The van der Waals surface area contributed by atoms with Gasteiger partial charge in [-0.2, -0.15) is 5.10 Å². The van der Waals surface area contributed by atoms with Crippen molar-refractivity contribution >= 4 is 23.6 Å². The Morgan fingerprint density at radius 2 is 1.97 bits per heavy atom. The molecule has 0 spiro atoms. The van der Waals surface area contributed by atoms with Gasteiger partial charge in [0.15, 0.2) is 5.82 Å². The number of nitrogens with zero attached hydrogens (tertiary/aromatic N) is 6. The number of anilines is 2. The summed E-state index contributed by atoms with van der Waals surface area (Å²) in [6.45, 7) is 2.68. The fourth-order valence-electron chi connectivity index (χ4n) is 3.53.